The SMILES string of the molecule is CN(CCCCCCC1=C(c2cc(F)cc(F)c2)CCCc2cc(O)ccc21)CCCCS(=O)(=O)CCC(F)(F)F. The Balaban J connectivity index is 1.48. The highest BCUT2D eigenvalue weighted by atomic mass is 32.2. The van der Waals surface area contributed by atoms with Crippen molar-refractivity contribution in [2.75, 3.05) is 31.6 Å². The first-order chi connectivity index (χ1) is 19.3. The number of hydrogen-bond donors (Lipinski definition) is 1. The summed E-state index contributed by atoms with van der Waals surface area (Å²) < 4.78 is 88.5. The Morgan fingerprint density at radius 3 is 2.20 bits per heavy atom. The van der Waals surface area contributed by atoms with E-state index in [0.717, 1.165) is 79.8 Å². The number of halogens is 5. The molecule has 0 fully saturated rings. The average Bonchev–Trinajstić information content (AvgIpc) is 3.05. The average molecular weight is 602 g/mol. The molecular formula is C31H40F5NO3S. The number of aryl methyl sites for hydroxylation is 1. The third-order valence-corrected chi connectivity index (χ3v) is 9.26. The topological polar surface area (TPSA) is 57.6 Å². The van der Waals surface area contributed by atoms with E-state index in [4.69, 9.17) is 0 Å². The van der Waals surface area contributed by atoms with Gasteiger partial charge in [0, 0.05) is 6.07 Å². The number of phenols is 1. The van der Waals surface area contributed by atoms with E-state index in [-0.39, 0.29) is 11.5 Å². The molecular weight excluding hydrogens is 561 g/mol. The van der Waals surface area contributed by atoms with Crippen LogP contribution in [-0.4, -0.2) is 56.2 Å². The normalized spacial score (nSPS) is 14.4. The summed E-state index contributed by atoms with van der Waals surface area (Å²) in [5.74, 6) is -2.07. The number of rotatable bonds is 15. The molecule has 10 heteroatoms. The summed E-state index contributed by atoms with van der Waals surface area (Å²) in [5.41, 5.74) is 4.66. The van der Waals surface area contributed by atoms with Gasteiger partial charge in [0.05, 0.1) is 17.9 Å². The molecule has 4 nitrogen and oxygen atoms in total. The quantitative estimate of drug-likeness (QED) is 0.166. The van der Waals surface area contributed by atoms with Crippen LogP contribution in [-0.2, 0) is 16.3 Å². The van der Waals surface area contributed by atoms with Crippen molar-refractivity contribution in [2.45, 2.75) is 76.8 Å². The van der Waals surface area contributed by atoms with Gasteiger partial charge in [-0.15, -0.1) is 0 Å². The number of aromatic hydroxyl groups is 1. The molecule has 228 valence electrons. The number of unbranched alkanes of at least 4 members (excludes halogenated alkanes) is 4. The van der Waals surface area contributed by atoms with Crippen molar-refractivity contribution < 1.29 is 35.5 Å². The lowest BCUT2D eigenvalue weighted by Crippen LogP contribution is -2.22. The third kappa shape index (κ3) is 11.4. The molecule has 0 saturated heterocycles. The number of benzene rings is 2. The molecule has 0 heterocycles. The van der Waals surface area contributed by atoms with Gasteiger partial charge in [0.2, 0.25) is 0 Å². The van der Waals surface area contributed by atoms with E-state index in [9.17, 15) is 35.5 Å². The number of sulfone groups is 1. The number of hydrogen-bond acceptors (Lipinski definition) is 4. The number of allylic oxidation sites excluding steroid dienone is 2. The molecule has 1 N–H and O–H groups in total. The minimum atomic E-state index is -4.46. The molecule has 41 heavy (non-hydrogen) atoms. The lowest BCUT2D eigenvalue weighted by molar-refractivity contribution is -0.129. The van der Waals surface area contributed by atoms with Gasteiger partial charge in [0.25, 0.3) is 0 Å². The van der Waals surface area contributed by atoms with Crippen LogP contribution < -0.4 is 0 Å². The van der Waals surface area contributed by atoms with Gasteiger partial charge in [0.1, 0.15) is 17.4 Å². The van der Waals surface area contributed by atoms with Gasteiger partial charge in [0.15, 0.2) is 9.84 Å². The smallest absolute Gasteiger partial charge is 0.390 e. The van der Waals surface area contributed by atoms with Crippen LogP contribution in [0.1, 0.15) is 80.9 Å². The monoisotopic (exact) mass is 601 g/mol. The first kappa shape index (κ1) is 33.0. The molecule has 0 amide bonds. The fourth-order valence-corrected chi connectivity index (χ4v) is 6.80. The Hall–Kier alpha value is -2.46. The second-order valence-electron chi connectivity index (χ2n) is 11.0. The van der Waals surface area contributed by atoms with Gasteiger partial charge in [-0.1, -0.05) is 18.9 Å². The number of phenolic OH excluding ortho intramolecular Hbond substituents is 1. The van der Waals surface area contributed by atoms with Gasteiger partial charge < -0.3 is 10.0 Å². The van der Waals surface area contributed by atoms with Gasteiger partial charge in [-0.05, 0) is 124 Å². The highest BCUT2D eigenvalue weighted by molar-refractivity contribution is 7.91. The van der Waals surface area contributed by atoms with Crippen LogP contribution in [0.15, 0.2) is 36.4 Å². The maximum atomic E-state index is 14.1. The standard InChI is InChI=1S/C31H40F5NO3S/c1-37(16-6-7-17-41(39,40)18-14-31(34,35)36)15-5-3-2-4-10-30-28(24-19-25(32)22-26(33)20-24)11-8-9-23-21-27(38)12-13-29(23)30/h12-13,19-22,38H,2-11,14-18H2,1H3. The van der Waals surface area contributed by atoms with Gasteiger partial charge in [-0.25, -0.2) is 17.2 Å². The van der Waals surface area contributed by atoms with E-state index in [1.807, 2.05) is 13.1 Å². The highest BCUT2D eigenvalue weighted by Gasteiger charge is 2.29. The molecule has 2 aromatic rings. The predicted octanol–water partition coefficient (Wildman–Crippen LogP) is 7.95. The summed E-state index contributed by atoms with van der Waals surface area (Å²) in [7, 11) is -1.74. The fraction of sp³-hybridized carbons (Fsp3) is 0.548. The Kier molecular flexibility index (Phi) is 12.2. The molecule has 0 aliphatic heterocycles. The Labute approximate surface area is 240 Å². The van der Waals surface area contributed by atoms with Crippen molar-refractivity contribution >= 4 is 21.0 Å². The minimum Gasteiger partial charge on any atom is -0.508 e. The molecule has 2 aromatic carbocycles. The van der Waals surface area contributed by atoms with Crippen LogP contribution in [0.25, 0.3) is 11.1 Å². The summed E-state index contributed by atoms with van der Waals surface area (Å²) in [6.07, 6.45) is 2.03. The summed E-state index contributed by atoms with van der Waals surface area (Å²) in [6.45, 7) is 1.51. The zero-order valence-corrected chi connectivity index (χ0v) is 24.4. The first-order valence-electron chi connectivity index (χ1n) is 14.3. The molecule has 0 spiro atoms. The second-order valence-corrected chi connectivity index (χ2v) is 13.3. The molecule has 0 radical (unpaired) electrons. The Morgan fingerprint density at radius 2 is 1.51 bits per heavy atom. The van der Waals surface area contributed by atoms with E-state index in [2.05, 4.69) is 4.90 Å². The van der Waals surface area contributed by atoms with E-state index in [1.165, 1.54) is 12.1 Å². The van der Waals surface area contributed by atoms with Gasteiger partial charge >= 0.3 is 6.18 Å². The van der Waals surface area contributed by atoms with Gasteiger partial charge in [-0.3, -0.25) is 0 Å². The largest absolute Gasteiger partial charge is 0.508 e. The summed E-state index contributed by atoms with van der Waals surface area (Å²) in [5, 5.41) is 10.0. The van der Waals surface area contributed by atoms with E-state index in [1.54, 1.807) is 12.1 Å². The zero-order valence-electron chi connectivity index (χ0n) is 23.6. The maximum Gasteiger partial charge on any atom is 0.390 e. The summed E-state index contributed by atoms with van der Waals surface area (Å²) >= 11 is 0. The third-order valence-electron chi connectivity index (χ3n) is 7.52. The molecule has 0 atom stereocenters. The molecule has 0 bridgehead atoms. The lowest BCUT2D eigenvalue weighted by Gasteiger charge is -2.18. The fourth-order valence-electron chi connectivity index (χ4n) is 5.41. The molecule has 0 unspecified atom stereocenters. The van der Waals surface area contributed by atoms with Crippen LogP contribution in [0.4, 0.5) is 22.0 Å². The van der Waals surface area contributed by atoms with Crippen molar-refractivity contribution in [3.63, 3.8) is 0 Å². The predicted molar refractivity (Wildman–Crippen MR) is 153 cm³/mol. The van der Waals surface area contributed by atoms with Crippen molar-refractivity contribution in [1.82, 2.24) is 4.90 Å². The highest BCUT2D eigenvalue weighted by Crippen LogP contribution is 2.40. The number of fused-ring (bicyclic) bond motifs is 1. The van der Waals surface area contributed by atoms with Crippen LogP contribution in [0.3, 0.4) is 0 Å². The zero-order chi connectivity index (χ0) is 30.0. The minimum absolute atomic E-state index is 0.204. The Bertz CT molecular complexity index is 1270. The first-order valence-corrected chi connectivity index (χ1v) is 16.1. The molecule has 1 aliphatic carbocycles. The van der Waals surface area contributed by atoms with Crippen molar-refractivity contribution in [1.29, 1.82) is 0 Å². The van der Waals surface area contributed by atoms with Crippen molar-refractivity contribution in [3.05, 3.63) is 64.7 Å². The lowest BCUT2D eigenvalue weighted by atomic mass is 9.89. The van der Waals surface area contributed by atoms with Crippen LogP contribution in [0.5, 0.6) is 5.75 Å². The number of nitrogens with zero attached hydrogens (tertiary/aromatic N) is 1. The summed E-state index contributed by atoms with van der Waals surface area (Å²) in [6, 6.07) is 8.98. The van der Waals surface area contributed by atoms with Crippen molar-refractivity contribution in [2.24, 2.45) is 0 Å². The Morgan fingerprint density at radius 1 is 0.854 bits per heavy atom. The van der Waals surface area contributed by atoms with E-state index in [0.29, 0.717) is 31.4 Å². The maximum absolute atomic E-state index is 14.1. The number of alkyl halides is 3. The summed E-state index contributed by atoms with van der Waals surface area (Å²) in [4.78, 5) is 2.11. The molecule has 3 rings (SSSR count). The van der Waals surface area contributed by atoms with Crippen LogP contribution in [0.2, 0.25) is 0 Å². The van der Waals surface area contributed by atoms with Crippen molar-refractivity contribution in [3.8, 4) is 5.75 Å². The van der Waals surface area contributed by atoms with E-state index < -0.39 is 39.8 Å². The molecule has 0 saturated carbocycles. The van der Waals surface area contributed by atoms with Crippen LogP contribution >= 0.6 is 0 Å². The molecule has 1 aliphatic rings. The second kappa shape index (κ2) is 15.1. The van der Waals surface area contributed by atoms with E-state index >= 15 is 0 Å². The van der Waals surface area contributed by atoms with Crippen LogP contribution in [0, 0.1) is 11.6 Å². The molecule has 0 aromatic heterocycles. The van der Waals surface area contributed by atoms with Gasteiger partial charge in [-0.2, -0.15) is 13.2 Å².